The molecule has 0 saturated heterocycles. The Labute approximate surface area is 129 Å². The van der Waals surface area contributed by atoms with Crippen molar-refractivity contribution in [3.05, 3.63) is 58.8 Å². The number of carbonyl (C=O) groups excluding carboxylic acids is 1. The number of hydrogen-bond donors (Lipinski definition) is 2. The molecule has 23 heavy (non-hydrogen) atoms. The Morgan fingerprint density at radius 2 is 2.09 bits per heavy atom. The maximum absolute atomic E-state index is 13.3. The van der Waals surface area contributed by atoms with Gasteiger partial charge in [-0.25, -0.2) is 9.18 Å². The first-order chi connectivity index (χ1) is 11.1. The number of carbonyl (C=O) groups is 1. The zero-order valence-electron chi connectivity index (χ0n) is 12.0. The van der Waals surface area contributed by atoms with Gasteiger partial charge >= 0.3 is 5.76 Å². The number of amides is 1. The van der Waals surface area contributed by atoms with Gasteiger partial charge in [0.15, 0.2) is 17.1 Å². The van der Waals surface area contributed by atoms with Crippen LogP contribution in [0.1, 0.15) is 6.42 Å². The normalized spacial score (nSPS) is 10.7. The van der Waals surface area contributed by atoms with Crippen molar-refractivity contribution in [2.45, 2.75) is 6.42 Å². The molecular weight excluding hydrogens is 303 g/mol. The van der Waals surface area contributed by atoms with Crippen LogP contribution < -0.4 is 15.8 Å². The molecule has 0 unspecified atom stereocenters. The van der Waals surface area contributed by atoms with Gasteiger partial charge in [-0.05, 0) is 30.3 Å². The second-order valence-electron chi connectivity index (χ2n) is 4.80. The van der Waals surface area contributed by atoms with E-state index in [4.69, 9.17) is 9.15 Å². The maximum Gasteiger partial charge on any atom is 0.417 e. The fourth-order valence-electron chi connectivity index (χ4n) is 2.07. The van der Waals surface area contributed by atoms with Crippen molar-refractivity contribution in [1.29, 1.82) is 0 Å². The first-order valence-electron chi connectivity index (χ1n) is 6.92. The molecule has 3 aromatic rings. The minimum Gasteiger partial charge on any atom is -0.490 e. The number of para-hydroxylation sites is 1. The van der Waals surface area contributed by atoms with Crippen molar-refractivity contribution in [1.82, 2.24) is 4.98 Å². The molecule has 1 aromatic heterocycles. The van der Waals surface area contributed by atoms with Gasteiger partial charge in [-0.2, -0.15) is 0 Å². The smallest absolute Gasteiger partial charge is 0.417 e. The summed E-state index contributed by atoms with van der Waals surface area (Å²) in [6.07, 6.45) is 0.0638. The van der Waals surface area contributed by atoms with E-state index in [0.29, 0.717) is 16.8 Å². The van der Waals surface area contributed by atoms with Crippen LogP contribution in [0.5, 0.6) is 5.75 Å². The van der Waals surface area contributed by atoms with Crippen LogP contribution in [0, 0.1) is 5.82 Å². The molecule has 0 radical (unpaired) electrons. The van der Waals surface area contributed by atoms with Crippen molar-refractivity contribution < 1.29 is 18.3 Å². The quantitative estimate of drug-likeness (QED) is 0.758. The first kappa shape index (κ1) is 14.8. The second-order valence-corrected chi connectivity index (χ2v) is 4.80. The molecule has 0 aliphatic rings. The summed E-state index contributed by atoms with van der Waals surface area (Å²) in [5.74, 6) is -1.20. The number of fused-ring (bicyclic) bond motifs is 1. The summed E-state index contributed by atoms with van der Waals surface area (Å²) in [4.78, 5) is 25.4. The zero-order valence-corrected chi connectivity index (χ0v) is 12.0. The predicted octanol–water partition coefficient (Wildman–Crippen LogP) is 2.67. The molecule has 0 bridgehead atoms. The number of aromatic nitrogens is 1. The molecule has 0 aliphatic heterocycles. The number of aromatic amines is 1. The van der Waals surface area contributed by atoms with E-state index in [9.17, 15) is 14.0 Å². The van der Waals surface area contributed by atoms with Gasteiger partial charge in [0.1, 0.15) is 0 Å². The Kier molecular flexibility index (Phi) is 4.09. The molecule has 2 aromatic carbocycles. The van der Waals surface area contributed by atoms with Crippen molar-refractivity contribution in [3.63, 3.8) is 0 Å². The fourth-order valence-corrected chi connectivity index (χ4v) is 2.07. The van der Waals surface area contributed by atoms with Crippen LogP contribution in [0.25, 0.3) is 11.1 Å². The molecule has 0 aliphatic carbocycles. The average molecular weight is 316 g/mol. The summed E-state index contributed by atoms with van der Waals surface area (Å²) in [5.41, 5.74) is 1.43. The van der Waals surface area contributed by atoms with E-state index in [-0.39, 0.29) is 24.7 Å². The minimum absolute atomic E-state index is 0.0531. The van der Waals surface area contributed by atoms with Crippen molar-refractivity contribution >= 4 is 22.7 Å². The maximum atomic E-state index is 13.3. The third kappa shape index (κ3) is 3.57. The van der Waals surface area contributed by atoms with Crippen LogP contribution in [0.3, 0.4) is 0 Å². The standard InChI is InChI=1S/C16H13FN2O4/c17-11-3-1-2-4-13(11)22-8-7-15(20)18-10-5-6-14-12(9-10)19-16(21)23-14/h1-6,9H,7-8H2,(H,18,20)(H,19,21). The number of ether oxygens (including phenoxy) is 1. The summed E-state index contributed by atoms with van der Waals surface area (Å²) in [5, 5.41) is 2.67. The highest BCUT2D eigenvalue weighted by Crippen LogP contribution is 2.17. The van der Waals surface area contributed by atoms with Gasteiger partial charge in [0.25, 0.3) is 0 Å². The third-order valence-corrected chi connectivity index (χ3v) is 3.13. The van der Waals surface area contributed by atoms with Gasteiger partial charge in [-0.1, -0.05) is 12.1 Å². The van der Waals surface area contributed by atoms with E-state index >= 15 is 0 Å². The van der Waals surface area contributed by atoms with E-state index in [1.807, 2.05) is 0 Å². The lowest BCUT2D eigenvalue weighted by Gasteiger charge is -2.08. The molecule has 118 valence electrons. The van der Waals surface area contributed by atoms with Gasteiger partial charge in [0, 0.05) is 5.69 Å². The molecular formula is C16H13FN2O4. The largest absolute Gasteiger partial charge is 0.490 e. The summed E-state index contributed by atoms with van der Waals surface area (Å²) in [7, 11) is 0. The van der Waals surface area contributed by atoms with Crippen molar-refractivity contribution in [2.75, 3.05) is 11.9 Å². The number of hydrogen-bond acceptors (Lipinski definition) is 4. The van der Waals surface area contributed by atoms with E-state index in [1.54, 1.807) is 30.3 Å². The third-order valence-electron chi connectivity index (χ3n) is 3.13. The van der Waals surface area contributed by atoms with E-state index in [1.165, 1.54) is 12.1 Å². The van der Waals surface area contributed by atoms with Gasteiger partial charge in [-0.3, -0.25) is 9.78 Å². The van der Waals surface area contributed by atoms with Gasteiger partial charge in [0.2, 0.25) is 5.91 Å². The van der Waals surface area contributed by atoms with Gasteiger partial charge < -0.3 is 14.5 Å². The van der Waals surface area contributed by atoms with E-state index in [2.05, 4.69) is 10.3 Å². The highest BCUT2D eigenvalue weighted by atomic mass is 19.1. The van der Waals surface area contributed by atoms with Crippen LogP contribution in [0.2, 0.25) is 0 Å². The van der Waals surface area contributed by atoms with E-state index in [0.717, 1.165) is 0 Å². The Bertz CT molecular complexity index is 900. The van der Waals surface area contributed by atoms with Crippen LogP contribution in [0.15, 0.2) is 51.7 Å². The number of rotatable bonds is 5. The van der Waals surface area contributed by atoms with Crippen LogP contribution >= 0.6 is 0 Å². The Morgan fingerprint density at radius 3 is 2.91 bits per heavy atom. The average Bonchev–Trinajstić information content (AvgIpc) is 2.88. The predicted molar refractivity (Wildman–Crippen MR) is 82.0 cm³/mol. The lowest BCUT2D eigenvalue weighted by Crippen LogP contribution is -2.15. The lowest BCUT2D eigenvalue weighted by molar-refractivity contribution is -0.116. The molecule has 1 amide bonds. The zero-order chi connectivity index (χ0) is 16.2. The summed E-state index contributed by atoms with van der Waals surface area (Å²) >= 11 is 0. The molecule has 0 saturated carbocycles. The number of nitrogens with one attached hydrogen (secondary N) is 2. The molecule has 0 atom stereocenters. The number of halogens is 1. The second kappa shape index (κ2) is 6.35. The number of oxazole rings is 1. The monoisotopic (exact) mass is 316 g/mol. The summed E-state index contributed by atoms with van der Waals surface area (Å²) in [6.45, 7) is 0.0531. The fraction of sp³-hybridized carbons (Fsp3) is 0.125. The highest BCUT2D eigenvalue weighted by Gasteiger charge is 2.07. The topological polar surface area (TPSA) is 84.3 Å². The summed E-state index contributed by atoms with van der Waals surface area (Å²) in [6, 6.07) is 10.8. The molecule has 0 spiro atoms. The van der Waals surface area contributed by atoms with Crippen LogP contribution in [-0.4, -0.2) is 17.5 Å². The molecule has 7 heteroatoms. The van der Waals surface area contributed by atoms with E-state index < -0.39 is 11.6 Å². The van der Waals surface area contributed by atoms with Crippen LogP contribution in [-0.2, 0) is 4.79 Å². The molecule has 1 heterocycles. The number of benzene rings is 2. The first-order valence-corrected chi connectivity index (χ1v) is 6.92. The molecule has 0 fully saturated rings. The Hall–Kier alpha value is -3.09. The lowest BCUT2D eigenvalue weighted by atomic mass is 10.2. The molecule has 2 N–H and O–H groups in total. The van der Waals surface area contributed by atoms with Crippen molar-refractivity contribution in [3.8, 4) is 5.75 Å². The highest BCUT2D eigenvalue weighted by molar-refractivity contribution is 5.92. The molecule has 6 nitrogen and oxygen atoms in total. The Balaban J connectivity index is 1.56. The van der Waals surface area contributed by atoms with Crippen LogP contribution in [0.4, 0.5) is 10.1 Å². The summed E-state index contributed by atoms with van der Waals surface area (Å²) < 4.78 is 23.4. The minimum atomic E-state index is -0.554. The Morgan fingerprint density at radius 1 is 1.26 bits per heavy atom. The number of H-pyrrole nitrogens is 1. The number of anilines is 1. The molecule has 3 rings (SSSR count). The van der Waals surface area contributed by atoms with Crippen molar-refractivity contribution in [2.24, 2.45) is 0 Å². The van der Waals surface area contributed by atoms with Gasteiger partial charge in [0.05, 0.1) is 18.5 Å². The van der Waals surface area contributed by atoms with Gasteiger partial charge in [-0.15, -0.1) is 0 Å². The SMILES string of the molecule is O=C(CCOc1ccccc1F)Nc1ccc2oc(=O)[nH]c2c1.